The molecule has 2 heterocycles. The molecule has 2 aromatic carbocycles. The van der Waals surface area contributed by atoms with E-state index in [2.05, 4.69) is 50.8 Å². The van der Waals surface area contributed by atoms with Gasteiger partial charge in [-0.15, -0.1) is 0 Å². The Labute approximate surface area is 182 Å². The Morgan fingerprint density at radius 1 is 0.903 bits per heavy atom. The van der Waals surface area contributed by atoms with Crippen LogP contribution in [0.25, 0.3) is 0 Å². The maximum absolute atomic E-state index is 13.5. The number of rotatable bonds is 3. The standard InChI is InChI=1S/C26H26N4O/c1-30(2)20-11-9-17(10-12-20)19-14-23-25(24(31)15-19)26(18-6-5-13-27-16-18)29-22-8-4-3-7-21(22)28-23/h3-13,16,19,26,28-29H,14-15H2,1-2H3/t19-,26+/m1/s1. The fourth-order valence-corrected chi connectivity index (χ4v) is 4.57. The largest absolute Gasteiger partial charge is 0.378 e. The van der Waals surface area contributed by atoms with Crippen LogP contribution in [0, 0.1) is 0 Å². The number of allylic oxidation sites excluding steroid dienone is 1. The highest BCUT2D eigenvalue weighted by Gasteiger charge is 2.36. The topological polar surface area (TPSA) is 57.3 Å². The third-order valence-electron chi connectivity index (χ3n) is 6.21. The number of fused-ring (bicyclic) bond motifs is 1. The molecular formula is C26H26N4O. The van der Waals surface area contributed by atoms with Crippen molar-refractivity contribution in [1.29, 1.82) is 0 Å². The van der Waals surface area contributed by atoms with Crippen molar-refractivity contribution < 1.29 is 4.79 Å². The van der Waals surface area contributed by atoms with Gasteiger partial charge in [-0.3, -0.25) is 9.78 Å². The molecule has 0 bridgehead atoms. The Balaban J connectivity index is 1.55. The third kappa shape index (κ3) is 3.67. The summed E-state index contributed by atoms with van der Waals surface area (Å²) in [6.45, 7) is 0. The fourth-order valence-electron chi connectivity index (χ4n) is 4.57. The normalized spacial score (nSPS) is 20.1. The lowest BCUT2D eigenvalue weighted by atomic mass is 9.78. The first-order chi connectivity index (χ1) is 15.1. The molecule has 2 aliphatic rings. The quantitative estimate of drug-likeness (QED) is 0.627. The number of carbonyl (C=O) groups excluding carboxylic acids is 1. The average Bonchev–Trinajstić information content (AvgIpc) is 2.96. The van der Waals surface area contributed by atoms with E-state index in [1.54, 1.807) is 6.20 Å². The smallest absolute Gasteiger partial charge is 0.163 e. The molecule has 2 atom stereocenters. The number of hydrogen-bond donors (Lipinski definition) is 2. The lowest BCUT2D eigenvalue weighted by Gasteiger charge is -2.30. The number of ketones is 1. The molecule has 156 valence electrons. The number of aromatic nitrogens is 1. The van der Waals surface area contributed by atoms with Crippen molar-refractivity contribution in [3.05, 3.63) is 95.5 Å². The summed E-state index contributed by atoms with van der Waals surface area (Å²) in [5.41, 5.74) is 7.18. The third-order valence-corrected chi connectivity index (χ3v) is 6.21. The van der Waals surface area contributed by atoms with Gasteiger partial charge in [-0.25, -0.2) is 0 Å². The zero-order valence-electron chi connectivity index (χ0n) is 17.8. The summed E-state index contributed by atoms with van der Waals surface area (Å²) in [6.07, 6.45) is 4.92. The van der Waals surface area contributed by atoms with Crippen molar-refractivity contribution in [3.63, 3.8) is 0 Å². The molecule has 5 heteroatoms. The highest BCUT2D eigenvalue weighted by Crippen LogP contribution is 2.44. The molecule has 0 unspecified atom stereocenters. The van der Waals surface area contributed by atoms with E-state index < -0.39 is 0 Å². The van der Waals surface area contributed by atoms with Crippen molar-refractivity contribution in [2.45, 2.75) is 24.8 Å². The first-order valence-electron chi connectivity index (χ1n) is 10.7. The van der Waals surface area contributed by atoms with Crippen LogP contribution in [-0.4, -0.2) is 24.9 Å². The zero-order chi connectivity index (χ0) is 21.4. The maximum Gasteiger partial charge on any atom is 0.163 e. The summed E-state index contributed by atoms with van der Waals surface area (Å²) in [4.78, 5) is 19.9. The summed E-state index contributed by atoms with van der Waals surface area (Å²) < 4.78 is 0. The number of carbonyl (C=O) groups is 1. The lowest BCUT2D eigenvalue weighted by molar-refractivity contribution is -0.116. The van der Waals surface area contributed by atoms with E-state index in [4.69, 9.17) is 0 Å². The average molecular weight is 411 g/mol. The summed E-state index contributed by atoms with van der Waals surface area (Å²) in [5.74, 6) is 0.347. The molecule has 3 aromatic rings. The van der Waals surface area contributed by atoms with Crippen molar-refractivity contribution in [3.8, 4) is 0 Å². The molecule has 1 aromatic heterocycles. The monoisotopic (exact) mass is 410 g/mol. The van der Waals surface area contributed by atoms with Crippen LogP contribution in [0.15, 0.2) is 84.3 Å². The SMILES string of the molecule is CN(C)c1ccc([C@H]2CC(=O)C3=C(C2)Nc2ccccc2N[C@H]3c2cccnc2)cc1. The van der Waals surface area contributed by atoms with Gasteiger partial charge in [-0.2, -0.15) is 0 Å². The molecule has 1 aliphatic carbocycles. The minimum absolute atomic E-state index is 0.162. The second-order valence-corrected chi connectivity index (χ2v) is 8.44. The van der Waals surface area contributed by atoms with Crippen molar-refractivity contribution in [1.82, 2.24) is 4.98 Å². The summed E-state index contributed by atoms with van der Waals surface area (Å²) in [7, 11) is 4.07. The summed E-state index contributed by atoms with van der Waals surface area (Å²) in [5, 5.41) is 7.18. The van der Waals surface area contributed by atoms with Crippen LogP contribution < -0.4 is 15.5 Å². The maximum atomic E-state index is 13.5. The first kappa shape index (κ1) is 19.4. The van der Waals surface area contributed by atoms with Crippen LogP contribution in [0.3, 0.4) is 0 Å². The summed E-state index contributed by atoms with van der Waals surface area (Å²) >= 11 is 0. The van der Waals surface area contributed by atoms with Crippen LogP contribution in [0.4, 0.5) is 17.1 Å². The number of hydrogen-bond acceptors (Lipinski definition) is 5. The van der Waals surface area contributed by atoms with Gasteiger partial charge >= 0.3 is 0 Å². The number of nitrogens with zero attached hydrogens (tertiary/aromatic N) is 2. The highest BCUT2D eigenvalue weighted by atomic mass is 16.1. The predicted molar refractivity (Wildman–Crippen MR) is 125 cm³/mol. The van der Waals surface area contributed by atoms with Crippen molar-refractivity contribution >= 4 is 22.8 Å². The van der Waals surface area contributed by atoms with Gasteiger partial charge in [0.1, 0.15) is 0 Å². The summed E-state index contributed by atoms with van der Waals surface area (Å²) in [6, 6.07) is 20.4. The number of nitrogens with one attached hydrogen (secondary N) is 2. The Morgan fingerprint density at radius 3 is 2.39 bits per heavy atom. The van der Waals surface area contributed by atoms with E-state index >= 15 is 0 Å². The van der Waals surface area contributed by atoms with Gasteiger partial charge in [0.05, 0.1) is 17.4 Å². The van der Waals surface area contributed by atoms with Gasteiger partial charge < -0.3 is 15.5 Å². The Bertz CT molecular complexity index is 1140. The van der Waals surface area contributed by atoms with Gasteiger partial charge in [0.15, 0.2) is 5.78 Å². The minimum atomic E-state index is -0.218. The molecule has 0 saturated carbocycles. The van der Waals surface area contributed by atoms with E-state index in [0.29, 0.717) is 6.42 Å². The van der Waals surface area contributed by atoms with Gasteiger partial charge in [0, 0.05) is 49.9 Å². The molecule has 0 spiro atoms. The molecule has 2 N–H and O–H groups in total. The highest BCUT2D eigenvalue weighted by molar-refractivity contribution is 6.01. The molecule has 5 rings (SSSR count). The number of pyridine rings is 1. The van der Waals surface area contributed by atoms with E-state index in [0.717, 1.165) is 40.3 Å². The fraction of sp³-hybridized carbons (Fsp3) is 0.231. The van der Waals surface area contributed by atoms with Gasteiger partial charge in [-0.1, -0.05) is 30.3 Å². The number of benzene rings is 2. The molecule has 0 radical (unpaired) electrons. The van der Waals surface area contributed by atoms with Crippen molar-refractivity contribution in [2.24, 2.45) is 0 Å². The van der Waals surface area contributed by atoms with Crippen LogP contribution in [0.1, 0.15) is 35.9 Å². The number of anilines is 3. The van der Waals surface area contributed by atoms with E-state index in [1.165, 1.54) is 5.56 Å². The predicted octanol–water partition coefficient (Wildman–Crippen LogP) is 5.13. The Hall–Kier alpha value is -3.60. The lowest BCUT2D eigenvalue weighted by Crippen LogP contribution is -2.27. The molecule has 31 heavy (non-hydrogen) atoms. The number of para-hydroxylation sites is 2. The van der Waals surface area contributed by atoms with Crippen LogP contribution in [0.2, 0.25) is 0 Å². The van der Waals surface area contributed by atoms with E-state index in [9.17, 15) is 4.79 Å². The first-order valence-corrected chi connectivity index (χ1v) is 10.7. The van der Waals surface area contributed by atoms with Crippen LogP contribution in [-0.2, 0) is 4.79 Å². The molecular weight excluding hydrogens is 384 g/mol. The Kier molecular flexibility index (Phi) is 4.94. The molecule has 0 fully saturated rings. The van der Waals surface area contributed by atoms with Gasteiger partial charge in [-0.05, 0) is 53.8 Å². The van der Waals surface area contributed by atoms with Gasteiger partial charge in [0.2, 0.25) is 0 Å². The number of Topliss-reactive ketones (excluding diaryl/α,β-unsaturated/α-hetero) is 1. The van der Waals surface area contributed by atoms with Crippen LogP contribution >= 0.6 is 0 Å². The second kappa shape index (κ2) is 7.91. The Morgan fingerprint density at radius 2 is 1.68 bits per heavy atom. The molecule has 5 nitrogen and oxygen atoms in total. The second-order valence-electron chi connectivity index (χ2n) is 8.44. The van der Waals surface area contributed by atoms with E-state index in [1.807, 2.05) is 50.6 Å². The molecule has 0 amide bonds. The molecule has 1 aliphatic heterocycles. The van der Waals surface area contributed by atoms with Crippen LogP contribution in [0.5, 0.6) is 0 Å². The minimum Gasteiger partial charge on any atom is -0.378 e. The zero-order valence-corrected chi connectivity index (χ0v) is 17.8. The molecule has 0 saturated heterocycles. The van der Waals surface area contributed by atoms with E-state index in [-0.39, 0.29) is 17.7 Å². The van der Waals surface area contributed by atoms with Crippen molar-refractivity contribution in [2.75, 3.05) is 29.6 Å². The van der Waals surface area contributed by atoms with Gasteiger partial charge in [0.25, 0.3) is 0 Å².